The zero-order chi connectivity index (χ0) is 18.4. The largest absolute Gasteiger partial charge is 0.481 e. The van der Waals surface area contributed by atoms with E-state index in [9.17, 15) is 9.59 Å². The van der Waals surface area contributed by atoms with Crippen LogP contribution in [-0.2, 0) is 9.59 Å². The van der Waals surface area contributed by atoms with Crippen molar-refractivity contribution in [3.8, 4) is 11.4 Å². The molecule has 0 fully saturated rings. The maximum atomic E-state index is 12.4. The number of tetrazole rings is 1. The predicted octanol–water partition coefficient (Wildman–Crippen LogP) is 2.17. The highest BCUT2D eigenvalue weighted by Crippen LogP contribution is 2.18. The Bertz CT molecular complexity index is 732. The number of aliphatic carboxylic acids is 1. The molecule has 0 aliphatic rings. The lowest BCUT2D eigenvalue weighted by Gasteiger charge is -2.15. The Labute approximate surface area is 150 Å². The maximum Gasteiger partial charge on any atom is 0.303 e. The molecule has 25 heavy (non-hydrogen) atoms. The van der Waals surface area contributed by atoms with Gasteiger partial charge in [0.1, 0.15) is 0 Å². The van der Waals surface area contributed by atoms with Crippen molar-refractivity contribution in [3.63, 3.8) is 0 Å². The SMILES string of the molecule is CCC(C(=O)NCC(C)CC(=O)O)n1nnc(-c2ccc(Cl)cc2)n1. The van der Waals surface area contributed by atoms with Crippen molar-refractivity contribution in [2.24, 2.45) is 5.92 Å². The van der Waals surface area contributed by atoms with Gasteiger partial charge in [-0.3, -0.25) is 9.59 Å². The van der Waals surface area contributed by atoms with Crippen LogP contribution in [0.2, 0.25) is 5.02 Å². The normalized spacial score (nSPS) is 13.2. The summed E-state index contributed by atoms with van der Waals surface area (Å²) in [5, 5.41) is 24.3. The van der Waals surface area contributed by atoms with Gasteiger partial charge in [0.25, 0.3) is 0 Å². The summed E-state index contributed by atoms with van der Waals surface area (Å²) in [5.41, 5.74) is 0.751. The first kappa shape index (κ1) is 18.9. The summed E-state index contributed by atoms with van der Waals surface area (Å²) < 4.78 is 0. The molecule has 0 bridgehead atoms. The second-order valence-electron chi connectivity index (χ2n) is 5.81. The highest BCUT2D eigenvalue weighted by atomic mass is 35.5. The van der Waals surface area contributed by atoms with E-state index >= 15 is 0 Å². The van der Waals surface area contributed by atoms with Gasteiger partial charge in [-0.25, -0.2) is 0 Å². The number of carboxylic acid groups (broad SMARTS) is 1. The Morgan fingerprint density at radius 2 is 2.00 bits per heavy atom. The fourth-order valence-corrected chi connectivity index (χ4v) is 2.41. The van der Waals surface area contributed by atoms with E-state index in [-0.39, 0.29) is 24.8 Å². The molecule has 9 heteroatoms. The van der Waals surface area contributed by atoms with Crippen LogP contribution in [0.15, 0.2) is 24.3 Å². The number of hydrogen-bond donors (Lipinski definition) is 2. The number of carbonyl (C=O) groups is 2. The third-order valence-electron chi connectivity index (χ3n) is 3.65. The summed E-state index contributed by atoms with van der Waals surface area (Å²) in [6.07, 6.45) is 0.481. The van der Waals surface area contributed by atoms with Gasteiger partial charge >= 0.3 is 5.97 Å². The van der Waals surface area contributed by atoms with Crippen LogP contribution in [0.4, 0.5) is 0 Å². The van der Waals surface area contributed by atoms with Gasteiger partial charge < -0.3 is 10.4 Å². The number of benzene rings is 1. The van der Waals surface area contributed by atoms with Crippen molar-refractivity contribution in [3.05, 3.63) is 29.3 Å². The van der Waals surface area contributed by atoms with Gasteiger partial charge in [0.2, 0.25) is 11.7 Å². The van der Waals surface area contributed by atoms with E-state index in [0.29, 0.717) is 17.3 Å². The number of rotatable bonds is 8. The Hall–Kier alpha value is -2.48. The predicted molar refractivity (Wildman–Crippen MR) is 92.0 cm³/mol. The number of hydrogen-bond acceptors (Lipinski definition) is 5. The summed E-state index contributed by atoms with van der Waals surface area (Å²) >= 11 is 5.86. The van der Waals surface area contributed by atoms with Gasteiger partial charge in [-0.05, 0) is 41.8 Å². The van der Waals surface area contributed by atoms with Crippen molar-refractivity contribution in [2.45, 2.75) is 32.7 Å². The molecule has 2 atom stereocenters. The van der Waals surface area contributed by atoms with Crippen LogP contribution in [0.1, 0.15) is 32.7 Å². The number of aromatic nitrogens is 4. The lowest BCUT2D eigenvalue weighted by molar-refractivity contribution is -0.138. The van der Waals surface area contributed by atoms with Gasteiger partial charge in [-0.15, -0.1) is 10.2 Å². The van der Waals surface area contributed by atoms with Crippen LogP contribution in [0.5, 0.6) is 0 Å². The first-order chi connectivity index (χ1) is 11.9. The Kier molecular flexibility index (Phi) is 6.46. The monoisotopic (exact) mass is 365 g/mol. The van der Waals surface area contributed by atoms with Crippen LogP contribution in [0.25, 0.3) is 11.4 Å². The fourth-order valence-electron chi connectivity index (χ4n) is 2.29. The van der Waals surface area contributed by atoms with E-state index in [0.717, 1.165) is 5.56 Å². The number of nitrogens with zero attached hydrogens (tertiary/aromatic N) is 4. The Balaban J connectivity index is 2.03. The average Bonchev–Trinajstić information content (AvgIpc) is 3.03. The molecular formula is C16H20ClN5O3. The minimum absolute atomic E-state index is 0.000633. The lowest BCUT2D eigenvalue weighted by Crippen LogP contribution is -2.36. The number of nitrogens with one attached hydrogen (secondary N) is 1. The molecule has 0 spiro atoms. The maximum absolute atomic E-state index is 12.4. The van der Waals surface area contributed by atoms with E-state index in [2.05, 4.69) is 20.7 Å². The second kappa shape index (κ2) is 8.57. The lowest BCUT2D eigenvalue weighted by atomic mass is 10.1. The minimum atomic E-state index is -0.890. The van der Waals surface area contributed by atoms with Crippen molar-refractivity contribution in [1.29, 1.82) is 0 Å². The summed E-state index contributed by atoms with van der Waals surface area (Å²) in [6, 6.07) is 6.40. The van der Waals surface area contributed by atoms with Crippen molar-refractivity contribution >= 4 is 23.5 Å². The van der Waals surface area contributed by atoms with E-state index < -0.39 is 12.0 Å². The molecule has 1 aromatic carbocycles. The van der Waals surface area contributed by atoms with Crippen LogP contribution >= 0.6 is 11.6 Å². The van der Waals surface area contributed by atoms with Crippen LogP contribution in [0.3, 0.4) is 0 Å². The molecule has 2 unspecified atom stereocenters. The molecule has 2 N–H and O–H groups in total. The number of halogens is 1. The van der Waals surface area contributed by atoms with Gasteiger partial charge in [-0.2, -0.15) is 4.80 Å². The van der Waals surface area contributed by atoms with E-state index in [1.807, 2.05) is 6.92 Å². The molecule has 0 radical (unpaired) electrons. The molecule has 1 aromatic heterocycles. The summed E-state index contributed by atoms with van der Waals surface area (Å²) in [7, 11) is 0. The summed E-state index contributed by atoms with van der Waals surface area (Å²) in [5.74, 6) is -0.909. The summed E-state index contributed by atoms with van der Waals surface area (Å²) in [6.45, 7) is 3.89. The molecule has 134 valence electrons. The van der Waals surface area contributed by atoms with Crippen LogP contribution < -0.4 is 5.32 Å². The standard InChI is InChI=1S/C16H20ClN5O3/c1-3-13(16(25)18-9-10(2)8-14(23)24)22-20-15(19-21-22)11-4-6-12(17)7-5-11/h4-7,10,13H,3,8-9H2,1-2H3,(H,18,25)(H,23,24). The molecule has 2 rings (SSSR count). The molecule has 0 saturated carbocycles. The first-order valence-electron chi connectivity index (χ1n) is 7.95. The highest BCUT2D eigenvalue weighted by molar-refractivity contribution is 6.30. The number of carboxylic acids is 1. The Morgan fingerprint density at radius 3 is 2.60 bits per heavy atom. The molecule has 2 aromatic rings. The third kappa shape index (κ3) is 5.25. The summed E-state index contributed by atoms with van der Waals surface area (Å²) in [4.78, 5) is 24.3. The fraction of sp³-hybridized carbons (Fsp3) is 0.438. The zero-order valence-electron chi connectivity index (χ0n) is 14.0. The quantitative estimate of drug-likeness (QED) is 0.741. The van der Waals surface area contributed by atoms with Crippen LogP contribution in [-0.4, -0.2) is 43.7 Å². The smallest absolute Gasteiger partial charge is 0.303 e. The van der Waals surface area contributed by atoms with Crippen molar-refractivity contribution < 1.29 is 14.7 Å². The number of carbonyl (C=O) groups excluding carboxylic acids is 1. The van der Waals surface area contributed by atoms with Crippen LogP contribution in [0, 0.1) is 5.92 Å². The van der Waals surface area contributed by atoms with Crippen molar-refractivity contribution in [1.82, 2.24) is 25.5 Å². The highest BCUT2D eigenvalue weighted by Gasteiger charge is 2.22. The second-order valence-corrected chi connectivity index (χ2v) is 6.25. The van der Waals surface area contributed by atoms with E-state index in [1.165, 1.54) is 4.80 Å². The van der Waals surface area contributed by atoms with Gasteiger partial charge in [0.15, 0.2) is 6.04 Å². The Morgan fingerprint density at radius 1 is 1.32 bits per heavy atom. The van der Waals surface area contributed by atoms with E-state index in [1.54, 1.807) is 31.2 Å². The topological polar surface area (TPSA) is 110 Å². The van der Waals surface area contributed by atoms with Gasteiger partial charge in [0.05, 0.1) is 0 Å². The van der Waals surface area contributed by atoms with Crippen molar-refractivity contribution in [2.75, 3.05) is 6.54 Å². The third-order valence-corrected chi connectivity index (χ3v) is 3.90. The average molecular weight is 366 g/mol. The van der Waals surface area contributed by atoms with Gasteiger partial charge in [0, 0.05) is 23.6 Å². The molecule has 8 nitrogen and oxygen atoms in total. The molecule has 0 saturated heterocycles. The number of amides is 1. The first-order valence-corrected chi connectivity index (χ1v) is 8.33. The molecule has 0 aliphatic carbocycles. The van der Waals surface area contributed by atoms with Gasteiger partial charge in [-0.1, -0.05) is 25.4 Å². The molecule has 1 heterocycles. The molecule has 1 amide bonds. The minimum Gasteiger partial charge on any atom is -0.481 e. The molecular weight excluding hydrogens is 346 g/mol. The zero-order valence-corrected chi connectivity index (χ0v) is 14.8. The molecule has 0 aliphatic heterocycles. The van der Waals surface area contributed by atoms with E-state index in [4.69, 9.17) is 16.7 Å².